The van der Waals surface area contributed by atoms with Crippen molar-refractivity contribution in [2.45, 2.75) is 0 Å². The van der Waals surface area contributed by atoms with E-state index in [1.165, 1.54) is 54.7 Å². The number of rotatable bonds is 21. The first-order valence-corrected chi connectivity index (χ1v) is 15.9. The van der Waals surface area contributed by atoms with E-state index < -0.39 is 53.2 Å². The van der Waals surface area contributed by atoms with Crippen molar-refractivity contribution in [1.82, 2.24) is 30.7 Å². The van der Waals surface area contributed by atoms with Crippen molar-refractivity contribution in [2.75, 3.05) is 78.9 Å². The van der Waals surface area contributed by atoms with Crippen LogP contribution in [0.4, 0.5) is 0 Å². The zero-order chi connectivity index (χ0) is 36.8. The molecule has 1 aromatic carbocycles. The molecule has 18 heteroatoms. The zero-order valence-corrected chi connectivity index (χ0v) is 27.4. The van der Waals surface area contributed by atoms with Crippen LogP contribution in [0.15, 0.2) is 54.7 Å². The van der Waals surface area contributed by atoms with Crippen LogP contribution in [0.3, 0.4) is 0 Å². The van der Waals surface area contributed by atoms with Gasteiger partial charge < -0.3 is 30.2 Å². The summed E-state index contributed by atoms with van der Waals surface area (Å²) in [5.41, 5.74) is 0.00486. The molecule has 3 N–H and O–H groups in total. The van der Waals surface area contributed by atoms with Gasteiger partial charge in [-0.2, -0.15) is 0 Å². The first kappa shape index (κ1) is 38.0. The summed E-state index contributed by atoms with van der Waals surface area (Å²) in [5, 5.41) is 7.89. The fourth-order valence-corrected chi connectivity index (χ4v) is 4.77. The summed E-state index contributed by atoms with van der Waals surface area (Å²) in [6, 6.07) is 3.91. The smallest absolute Gasteiger partial charge is 0.253 e. The number of nitrogens with zero attached hydrogens (tertiary/aromatic N) is 3. The van der Waals surface area contributed by atoms with E-state index in [0.29, 0.717) is 0 Å². The van der Waals surface area contributed by atoms with Crippen LogP contribution in [0, 0.1) is 0 Å². The molecule has 18 nitrogen and oxygen atoms in total. The van der Waals surface area contributed by atoms with Gasteiger partial charge in [0.05, 0.1) is 59.3 Å². The van der Waals surface area contributed by atoms with Crippen molar-refractivity contribution in [2.24, 2.45) is 0 Å². The second-order valence-corrected chi connectivity index (χ2v) is 10.9. The van der Waals surface area contributed by atoms with Crippen LogP contribution in [0.25, 0.3) is 0 Å². The third-order valence-corrected chi connectivity index (χ3v) is 7.39. The molecule has 0 saturated carbocycles. The molecule has 0 aromatic heterocycles. The second kappa shape index (κ2) is 18.8. The highest BCUT2D eigenvalue weighted by Gasteiger charge is 2.24. The van der Waals surface area contributed by atoms with Gasteiger partial charge in [0.15, 0.2) is 0 Å². The van der Waals surface area contributed by atoms with E-state index in [1.54, 1.807) is 0 Å². The minimum atomic E-state index is -0.607. The van der Waals surface area contributed by atoms with Crippen LogP contribution in [0.5, 0.6) is 0 Å². The molecule has 0 radical (unpaired) electrons. The first-order valence-electron chi connectivity index (χ1n) is 15.9. The Labute approximate surface area is 291 Å². The lowest BCUT2D eigenvalue weighted by Crippen LogP contribution is -2.34. The average Bonchev–Trinajstić information content (AvgIpc) is 3.74. The number of carbonyl (C=O) groups excluding carboxylic acids is 9. The second-order valence-electron chi connectivity index (χ2n) is 10.9. The molecular weight excluding hydrogens is 672 g/mol. The zero-order valence-electron chi connectivity index (χ0n) is 27.4. The quantitative estimate of drug-likeness (QED) is 0.0906. The summed E-state index contributed by atoms with van der Waals surface area (Å²) in [7, 11) is 0. The minimum absolute atomic E-state index is 0.00162. The normalized spacial score (nSPS) is 15.2. The topological polar surface area (TPSA) is 227 Å². The number of benzene rings is 1. The molecule has 0 bridgehead atoms. The van der Waals surface area contributed by atoms with E-state index in [2.05, 4.69) is 16.0 Å². The predicted molar refractivity (Wildman–Crippen MR) is 173 cm³/mol. The lowest BCUT2D eigenvalue weighted by Gasteiger charge is -2.15. The third kappa shape index (κ3) is 11.1. The third-order valence-electron chi connectivity index (χ3n) is 7.39. The van der Waals surface area contributed by atoms with Crippen LogP contribution >= 0.6 is 0 Å². The Balaban J connectivity index is 1.26. The number of imide groups is 3. The molecule has 3 heterocycles. The molecule has 0 aliphatic carbocycles. The van der Waals surface area contributed by atoms with Crippen molar-refractivity contribution in [3.63, 3.8) is 0 Å². The maximum Gasteiger partial charge on any atom is 0.253 e. The molecule has 9 amide bonds. The number of carbonyl (C=O) groups is 9. The minimum Gasteiger partial charge on any atom is -0.378 e. The molecule has 3 aliphatic heterocycles. The number of ether oxygens (including phenoxy) is 3. The summed E-state index contributed by atoms with van der Waals surface area (Å²) in [6.07, 6.45) is 6.99. The Hall–Kier alpha value is -5.85. The van der Waals surface area contributed by atoms with Crippen molar-refractivity contribution < 1.29 is 57.4 Å². The predicted octanol–water partition coefficient (Wildman–Crippen LogP) is -2.30. The summed E-state index contributed by atoms with van der Waals surface area (Å²) < 4.78 is 16.2. The van der Waals surface area contributed by atoms with E-state index in [0.717, 1.165) is 14.7 Å². The monoisotopic (exact) mass is 708 g/mol. The van der Waals surface area contributed by atoms with Gasteiger partial charge in [0.2, 0.25) is 0 Å². The van der Waals surface area contributed by atoms with E-state index >= 15 is 0 Å². The standard InChI is InChI=1S/C33H36N6O12/c40-25-1-2-26(41)37(25)10-16-49-13-7-34-31(46)22-19-23(32(47)35-8-14-50-17-11-38-27(42)3-4-28(38)43)21-24(20-22)33(48)36-9-15-51-18-12-39-29(44)5-6-30(39)45/h1-6,19-21H,7-18H2,(H,34,46)(H,35,47)(H,36,48). The van der Waals surface area contributed by atoms with Gasteiger partial charge in [-0.3, -0.25) is 57.9 Å². The number of hydrogen-bond donors (Lipinski definition) is 3. The first-order chi connectivity index (χ1) is 24.5. The fraction of sp³-hybridized carbons (Fsp3) is 0.364. The van der Waals surface area contributed by atoms with E-state index in [4.69, 9.17) is 14.2 Å². The Morgan fingerprint density at radius 2 is 0.647 bits per heavy atom. The maximum atomic E-state index is 13.0. The van der Waals surface area contributed by atoms with E-state index in [9.17, 15) is 43.2 Å². The van der Waals surface area contributed by atoms with Gasteiger partial charge in [0.25, 0.3) is 53.2 Å². The molecule has 51 heavy (non-hydrogen) atoms. The van der Waals surface area contributed by atoms with Crippen LogP contribution in [0.2, 0.25) is 0 Å². The van der Waals surface area contributed by atoms with E-state index in [-0.39, 0.29) is 95.6 Å². The molecule has 270 valence electrons. The highest BCUT2D eigenvalue weighted by Crippen LogP contribution is 2.12. The van der Waals surface area contributed by atoms with Crippen molar-refractivity contribution in [3.05, 3.63) is 71.3 Å². The Morgan fingerprint density at radius 1 is 0.412 bits per heavy atom. The Kier molecular flexibility index (Phi) is 14.0. The van der Waals surface area contributed by atoms with Crippen molar-refractivity contribution >= 4 is 53.2 Å². The molecule has 4 rings (SSSR count). The molecule has 3 aliphatic rings. The van der Waals surface area contributed by atoms with Gasteiger partial charge in [-0.05, 0) is 18.2 Å². The molecule has 0 unspecified atom stereocenters. The van der Waals surface area contributed by atoms with Crippen molar-refractivity contribution in [3.8, 4) is 0 Å². The molecule has 1 aromatic rings. The lowest BCUT2D eigenvalue weighted by atomic mass is 10.0. The number of nitrogens with one attached hydrogen (secondary N) is 3. The molecule has 0 fully saturated rings. The SMILES string of the molecule is O=C(NCCOCCN1C(=O)C=CC1=O)c1cc(C(=O)NCCOCCN2C(=O)C=CC2=O)cc(C(=O)NCCOCCN2C(=O)C=CC2=O)c1. The highest BCUT2D eigenvalue weighted by atomic mass is 16.5. The van der Waals surface area contributed by atoms with Crippen LogP contribution in [-0.4, -0.2) is 147 Å². The van der Waals surface area contributed by atoms with Crippen molar-refractivity contribution in [1.29, 1.82) is 0 Å². The van der Waals surface area contributed by atoms with Crippen LogP contribution in [0.1, 0.15) is 31.1 Å². The van der Waals surface area contributed by atoms with Gasteiger partial charge in [-0.15, -0.1) is 0 Å². The molecule has 0 spiro atoms. The summed E-state index contributed by atoms with van der Waals surface area (Å²) in [5.74, 6) is -4.42. The Morgan fingerprint density at radius 3 is 0.882 bits per heavy atom. The highest BCUT2D eigenvalue weighted by molar-refractivity contribution is 6.14. The summed E-state index contributed by atoms with van der Waals surface area (Å²) in [6.45, 7) is 0.601. The number of amides is 9. The fourth-order valence-electron chi connectivity index (χ4n) is 4.77. The molecule has 0 atom stereocenters. The molecular formula is C33H36N6O12. The van der Waals surface area contributed by atoms with Gasteiger partial charge in [0.1, 0.15) is 0 Å². The van der Waals surface area contributed by atoms with E-state index in [1.807, 2.05) is 0 Å². The van der Waals surface area contributed by atoms with Gasteiger partial charge in [-0.1, -0.05) is 0 Å². The van der Waals surface area contributed by atoms with Crippen LogP contribution < -0.4 is 16.0 Å². The van der Waals surface area contributed by atoms with Gasteiger partial charge in [0, 0.05) is 72.8 Å². The molecule has 0 saturated heterocycles. The lowest BCUT2D eigenvalue weighted by molar-refractivity contribution is -0.139. The van der Waals surface area contributed by atoms with Crippen LogP contribution in [-0.2, 0) is 43.0 Å². The maximum absolute atomic E-state index is 13.0. The summed E-state index contributed by atoms with van der Waals surface area (Å²) in [4.78, 5) is 112. The average molecular weight is 709 g/mol. The number of hydrogen-bond acceptors (Lipinski definition) is 12. The summed E-state index contributed by atoms with van der Waals surface area (Å²) >= 11 is 0. The Bertz CT molecular complexity index is 1410. The largest absolute Gasteiger partial charge is 0.378 e. The van der Waals surface area contributed by atoms with Gasteiger partial charge >= 0.3 is 0 Å². The van der Waals surface area contributed by atoms with Gasteiger partial charge in [-0.25, -0.2) is 0 Å².